The first-order valence-electron chi connectivity index (χ1n) is 9.28. The van der Waals surface area contributed by atoms with Crippen LogP contribution in [0.4, 0.5) is 0 Å². The molecule has 3 aromatic carbocycles. The molecule has 0 N–H and O–H groups in total. The van der Waals surface area contributed by atoms with Gasteiger partial charge in [-0.25, -0.2) is 0 Å². The van der Waals surface area contributed by atoms with Crippen LogP contribution >= 0.6 is 0 Å². The Kier molecular flexibility index (Phi) is 3.65. The molecule has 0 bridgehead atoms. The minimum atomic E-state index is -1.64. The third kappa shape index (κ3) is 2.17. The van der Waals surface area contributed by atoms with Crippen molar-refractivity contribution >= 4 is 23.4 Å². The fourth-order valence-electron chi connectivity index (χ4n) is 4.39. The van der Waals surface area contributed by atoms with Gasteiger partial charge in [-0.1, -0.05) is 54.6 Å². The van der Waals surface area contributed by atoms with E-state index in [1.54, 1.807) is 60.7 Å². The zero-order chi connectivity index (χ0) is 20.2. The maximum absolute atomic E-state index is 13.7. The van der Waals surface area contributed by atoms with Crippen LogP contribution in [-0.4, -0.2) is 24.5 Å². The quantitative estimate of drug-likeness (QED) is 0.502. The highest BCUT2D eigenvalue weighted by Crippen LogP contribution is 2.51. The minimum Gasteiger partial charge on any atom is -0.497 e. The number of Topliss-reactive ketones (excluding diaryl/α,β-unsaturated/α-hetero) is 3. The van der Waals surface area contributed by atoms with E-state index in [1.807, 2.05) is 18.2 Å². The summed E-state index contributed by atoms with van der Waals surface area (Å²) in [5.74, 6) is -0.561. The van der Waals surface area contributed by atoms with Gasteiger partial charge in [-0.2, -0.15) is 0 Å². The van der Waals surface area contributed by atoms with Gasteiger partial charge in [0.05, 0.1) is 7.11 Å². The molecule has 3 aromatic rings. The van der Waals surface area contributed by atoms with Gasteiger partial charge in [0.25, 0.3) is 0 Å². The first kappa shape index (κ1) is 17.3. The number of rotatable bonds is 3. The second-order valence-electron chi connectivity index (χ2n) is 7.16. The van der Waals surface area contributed by atoms with Crippen molar-refractivity contribution in [2.24, 2.45) is 0 Å². The van der Waals surface area contributed by atoms with E-state index in [2.05, 4.69) is 0 Å². The van der Waals surface area contributed by atoms with Gasteiger partial charge in [0.2, 0.25) is 0 Å². The Balaban J connectivity index is 1.77. The number of hydrogen-bond acceptors (Lipinski definition) is 4. The number of carbonyl (C=O) groups excluding carboxylic acids is 3. The van der Waals surface area contributed by atoms with Crippen molar-refractivity contribution in [1.29, 1.82) is 0 Å². The van der Waals surface area contributed by atoms with Crippen molar-refractivity contribution in [3.8, 4) is 5.75 Å². The largest absolute Gasteiger partial charge is 0.497 e. The first-order valence-corrected chi connectivity index (χ1v) is 9.28. The van der Waals surface area contributed by atoms with Crippen molar-refractivity contribution in [3.63, 3.8) is 0 Å². The van der Waals surface area contributed by atoms with Crippen LogP contribution in [0, 0.1) is 0 Å². The molecule has 1 spiro atoms. The third-order valence-electron chi connectivity index (χ3n) is 5.75. The summed E-state index contributed by atoms with van der Waals surface area (Å²) in [5, 5.41) is 0. The van der Waals surface area contributed by atoms with Gasteiger partial charge in [0.15, 0.2) is 22.8 Å². The van der Waals surface area contributed by atoms with Crippen LogP contribution in [0.3, 0.4) is 0 Å². The summed E-state index contributed by atoms with van der Waals surface area (Å²) in [6, 6.07) is 20.8. The van der Waals surface area contributed by atoms with E-state index in [-0.39, 0.29) is 28.5 Å². The lowest BCUT2D eigenvalue weighted by molar-refractivity contribution is 0.0804. The Labute approximate surface area is 167 Å². The van der Waals surface area contributed by atoms with Crippen molar-refractivity contribution in [2.75, 3.05) is 7.11 Å². The molecule has 0 saturated heterocycles. The zero-order valence-electron chi connectivity index (χ0n) is 15.6. The number of ether oxygens (including phenoxy) is 1. The summed E-state index contributed by atoms with van der Waals surface area (Å²) >= 11 is 0. The van der Waals surface area contributed by atoms with Gasteiger partial charge >= 0.3 is 0 Å². The fraction of sp³-hybridized carbons (Fsp3) is 0.0800. The topological polar surface area (TPSA) is 60.4 Å². The molecule has 4 nitrogen and oxygen atoms in total. The lowest BCUT2D eigenvalue weighted by atomic mass is 9.71. The van der Waals surface area contributed by atoms with Crippen LogP contribution < -0.4 is 4.74 Å². The van der Waals surface area contributed by atoms with Crippen LogP contribution in [0.25, 0.3) is 6.08 Å². The summed E-state index contributed by atoms with van der Waals surface area (Å²) in [7, 11) is 1.51. The molecule has 2 aliphatic carbocycles. The molecule has 0 radical (unpaired) electrons. The van der Waals surface area contributed by atoms with Gasteiger partial charge in [0, 0.05) is 22.3 Å². The number of fused-ring (bicyclic) bond motifs is 3. The molecule has 1 atom stereocenters. The number of benzene rings is 3. The average Bonchev–Trinajstić information content (AvgIpc) is 3.23. The third-order valence-corrected chi connectivity index (χ3v) is 5.75. The summed E-state index contributed by atoms with van der Waals surface area (Å²) < 4.78 is 5.24. The summed E-state index contributed by atoms with van der Waals surface area (Å²) in [5.41, 5.74) is 0.892. The predicted octanol–water partition coefficient (Wildman–Crippen LogP) is 4.29. The van der Waals surface area contributed by atoms with Crippen LogP contribution in [0.5, 0.6) is 5.75 Å². The second-order valence-corrected chi connectivity index (χ2v) is 7.16. The Morgan fingerprint density at radius 2 is 1.52 bits per heavy atom. The molecular formula is C25H16O4. The molecule has 140 valence electrons. The van der Waals surface area contributed by atoms with Crippen molar-refractivity contribution in [2.45, 2.75) is 5.41 Å². The average molecular weight is 380 g/mol. The van der Waals surface area contributed by atoms with E-state index in [4.69, 9.17) is 4.74 Å². The SMILES string of the molecule is COc1ccc2c(c1)C(=O)[C@@]1(C2=O)C(C(=O)c2ccccc2)=Cc2ccccc21. The van der Waals surface area contributed by atoms with Gasteiger partial charge in [0.1, 0.15) is 5.75 Å². The molecule has 0 fully saturated rings. The zero-order valence-corrected chi connectivity index (χ0v) is 15.6. The maximum atomic E-state index is 13.7. The van der Waals surface area contributed by atoms with E-state index >= 15 is 0 Å². The van der Waals surface area contributed by atoms with Crippen molar-refractivity contribution in [3.05, 3.63) is 106 Å². The van der Waals surface area contributed by atoms with Gasteiger partial charge in [-0.3, -0.25) is 14.4 Å². The molecule has 5 rings (SSSR count). The Morgan fingerprint density at radius 3 is 2.28 bits per heavy atom. The van der Waals surface area contributed by atoms with E-state index in [9.17, 15) is 14.4 Å². The summed E-state index contributed by atoms with van der Waals surface area (Å²) in [6.45, 7) is 0. The molecule has 0 aromatic heterocycles. The molecule has 0 heterocycles. The molecule has 0 unspecified atom stereocenters. The molecule has 0 aliphatic heterocycles. The molecule has 4 heteroatoms. The number of allylic oxidation sites excluding steroid dienone is 1. The number of methoxy groups -OCH3 is 1. The molecule has 0 saturated carbocycles. The summed E-state index contributed by atoms with van der Waals surface area (Å²) in [4.78, 5) is 40.9. The highest BCUT2D eigenvalue weighted by molar-refractivity contribution is 6.41. The molecule has 29 heavy (non-hydrogen) atoms. The molecular weight excluding hydrogens is 364 g/mol. The van der Waals surface area contributed by atoms with Crippen LogP contribution in [0.1, 0.15) is 42.2 Å². The number of ketones is 3. The van der Waals surface area contributed by atoms with Crippen LogP contribution in [-0.2, 0) is 5.41 Å². The number of carbonyl (C=O) groups is 3. The molecule has 2 aliphatic rings. The maximum Gasteiger partial charge on any atom is 0.190 e. The normalized spacial score (nSPS) is 19.1. The van der Waals surface area contributed by atoms with E-state index in [0.29, 0.717) is 28.0 Å². The van der Waals surface area contributed by atoms with Gasteiger partial charge in [-0.05, 0) is 35.4 Å². The van der Waals surface area contributed by atoms with Crippen molar-refractivity contribution < 1.29 is 19.1 Å². The fourth-order valence-corrected chi connectivity index (χ4v) is 4.39. The van der Waals surface area contributed by atoms with E-state index in [1.165, 1.54) is 7.11 Å². The Morgan fingerprint density at radius 1 is 0.828 bits per heavy atom. The highest BCUT2D eigenvalue weighted by Gasteiger charge is 2.60. The van der Waals surface area contributed by atoms with Crippen LogP contribution in [0.15, 0.2) is 78.4 Å². The lowest BCUT2D eigenvalue weighted by Crippen LogP contribution is -2.41. The van der Waals surface area contributed by atoms with Crippen molar-refractivity contribution in [1.82, 2.24) is 0 Å². The first-order chi connectivity index (χ1) is 14.1. The molecule has 0 amide bonds. The smallest absolute Gasteiger partial charge is 0.190 e. The Hall–Kier alpha value is -3.79. The minimum absolute atomic E-state index is 0.204. The van der Waals surface area contributed by atoms with Gasteiger partial charge < -0.3 is 4.74 Å². The number of hydrogen-bond donors (Lipinski definition) is 0. The standard InChI is InChI=1S/C25H16O4/c1-29-17-11-12-18-19(14-17)24(28)25(23(18)27)20-10-6-5-9-16(20)13-21(25)22(26)15-7-3-2-4-8-15/h2-14H,1H3/t25-/m1/s1. The second kappa shape index (κ2) is 6.11. The van der Waals surface area contributed by atoms with E-state index in [0.717, 1.165) is 0 Å². The van der Waals surface area contributed by atoms with Crippen LogP contribution in [0.2, 0.25) is 0 Å². The monoisotopic (exact) mass is 380 g/mol. The predicted molar refractivity (Wildman–Crippen MR) is 109 cm³/mol. The highest BCUT2D eigenvalue weighted by atomic mass is 16.5. The lowest BCUT2D eigenvalue weighted by Gasteiger charge is -2.25. The van der Waals surface area contributed by atoms with Gasteiger partial charge in [-0.15, -0.1) is 0 Å². The summed E-state index contributed by atoms with van der Waals surface area (Å²) in [6.07, 6.45) is 1.68. The van der Waals surface area contributed by atoms with E-state index < -0.39 is 5.41 Å². The Bertz CT molecular complexity index is 1240.